The van der Waals surface area contributed by atoms with Crippen molar-refractivity contribution in [3.8, 4) is 11.1 Å². The zero-order valence-corrected chi connectivity index (χ0v) is 15.9. The van der Waals surface area contributed by atoms with Crippen molar-refractivity contribution in [2.24, 2.45) is 0 Å². The molecule has 0 aliphatic carbocycles. The molecule has 2 N–H and O–H groups in total. The number of piperidine rings is 1. The van der Waals surface area contributed by atoms with Gasteiger partial charge in [-0.2, -0.15) is 5.10 Å². The molecule has 6 nitrogen and oxygen atoms in total. The van der Waals surface area contributed by atoms with E-state index >= 15 is 0 Å². The lowest BCUT2D eigenvalue weighted by Crippen LogP contribution is -2.45. The van der Waals surface area contributed by atoms with Gasteiger partial charge in [0.1, 0.15) is 0 Å². The van der Waals surface area contributed by atoms with Crippen molar-refractivity contribution in [2.45, 2.75) is 25.3 Å². The average molecular weight is 378 g/mol. The van der Waals surface area contributed by atoms with Gasteiger partial charge in [0, 0.05) is 36.5 Å². The minimum Gasteiger partial charge on any atom is -0.395 e. The number of likely N-dealkylation sites (tertiary alicyclic amines) is 1. The Morgan fingerprint density at radius 1 is 1.18 bits per heavy atom. The van der Waals surface area contributed by atoms with Crippen molar-refractivity contribution >= 4 is 11.4 Å². The Balaban J connectivity index is 1.36. The van der Waals surface area contributed by atoms with E-state index in [0.717, 1.165) is 42.6 Å². The van der Waals surface area contributed by atoms with Crippen LogP contribution in [0.2, 0.25) is 0 Å². The molecule has 2 aromatic heterocycles. The molecule has 0 bridgehead atoms. The SMILES string of the molecule is O=C(NCCN1CCCC[C@@H]1CO)c1ccc(-c2cnn3ccccc23)cc1. The van der Waals surface area contributed by atoms with Crippen LogP contribution in [0.4, 0.5) is 0 Å². The zero-order valence-electron chi connectivity index (χ0n) is 15.9. The van der Waals surface area contributed by atoms with Gasteiger partial charge in [-0.15, -0.1) is 0 Å². The van der Waals surface area contributed by atoms with Gasteiger partial charge in [-0.25, -0.2) is 4.52 Å². The van der Waals surface area contributed by atoms with E-state index in [0.29, 0.717) is 12.1 Å². The monoisotopic (exact) mass is 378 g/mol. The van der Waals surface area contributed by atoms with Crippen LogP contribution in [-0.4, -0.2) is 57.8 Å². The molecule has 4 rings (SSSR count). The van der Waals surface area contributed by atoms with E-state index < -0.39 is 0 Å². The third-order valence-electron chi connectivity index (χ3n) is 5.53. The minimum absolute atomic E-state index is 0.0658. The molecule has 1 fully saturated rings. The highest BCUT2D eigenvalue weighted by molar-refractivity contribution is 5.95. The van der Waals surface area contributed by atoms with Crippen LogP contribution in [0, 0.1) is 0 Å². The summed E-state index contributed by atoms with van der Waals surface area (Å²) in [5.41, 5.74) is 3.78. The third kappa shape index (κ3) is 3.93. The second-order valence-electron chi connectivity index (χ2n) is 7.29. The number of hydrogen-bond donors (Lipinski definition) is 2. The van der Waals surface area contributed by atoms with Crippen molar-refractivity contribution in [1.82, 2.24) is 19.8 Å². The first-order valence-electron chi connectivity index (χ1n) is 9.92. The molecule has 28 heavy (non-hydrogen) atoms. The molecule has 1 saturated heterocycles. The molecule has 0 radical (unpaired) electrons. The van der Waals surface area contributed by atoms with Crippen molar-refractivity contribution < 1.29 is 9.90 Å². The molecular weight excluding hydrogens is 352 g/mol. The predicted octanol–water partition coefficient (Wildman–Crippen LogP) is 2.58. The highest BCUT2D eigenvalue weighted by Gasteiger charge is 2.21. The van der Waals surface area contributed by atoms with Crippen LogP contribution in [0.15, 0.2) is 54.9 Å². The molecule has 1 atom stereocenters. The molecule has 146 valence electrons. The van der Waals surface area contributed by atoms with E-state index in [2.05, 4.69) is 15.3 Å². The number of carbonyl (C=O) groups is 1. The van der Waals surface area contributed by atoms with Gasteiger partial charge in [0.2, 0.25) is 0 Å². The van der Waals surface area contributed by atoms with Crippen LogP contribution in [0.1, 0.15) is 29.6 Å². The van der Waals surface area contributed by atoms with Gasteiger partial charge in [0.25, 0.3) is 5.91 Å². The summed E-state index contributed by atoms with van der Waals surface area (Å²) in [5, 5.41) is 16.8. The normalized spacial score (nSPS) is 17.7. The number of aromatic nitrogens is 2. The third-order valence-corrected chi connectivity index (χ3v) is 5.53. The standard InChI is InChI=1S/C22H26N4O2/c27-16-19-5-1-3-12-25(19)14-11-23-22(28)18-9-7-17(8-10-18)20-15-24-26-13-4-2-6-21(20)26/h2,4,6-10,13,15,19,27H,1,3,5,11-12,14,16H2,(H,23,28)/t19-/m1/s1. The highest BCUT2D eigenvalue weighted by atomic mass is 16.3. The van der Waals surface area contributed by atoms with Crippen LogP contribution in [0.5, 0.6) is 0 Å². The number of rotatable bonds is 6. The Morgan fingerprint density at radius 2 is 2.04 bits per heavy atom. The predicted molar refractivity (Wildman–Crippen MR) is 109 cm³/mol. The Labute approximate surface area is 164 Å². The van der Waals surface area contributed by atoms with Crippen LogP contribution in [0.3, 0.4) is 0 Å². The molecule has 0 saturated carbocycles. The first-order chi connectivity index (χ1) is 13.8. The van der Waals surface area contributed by atoms with Crippen LogP contribution in [-0.2, 0) is 0 Å². The maximum atomic E-state index is 12.5. The van der Waals surface area contributed by atoms with Gasteiger partial charge in [0.15, 0.2) is 0 Å². The van der Waals surface area contributed by atoms with E-state index in [-0.39, 0.29) is 18.6 Å². The summed E-state index contributed by atoms with van der Waals surface area (Å²) in [4.78, 5) is 14.7. The fourth-order valence-corrected chi connectivity index (χ4v) is 3.93. The molecule has 1 aliphatic heterocycles. The van der Waals surface area contributed by atoms with Crippen molar-refractivity contribution in [1.29, 1.82) is 0 Å². The first-order valence-corrected chi connectivity index (χ1v) is 9.92. The van der Waals surface area contributed by atoms with Gasteiger partial charge < -0.3 is 10.4 Å². The van der Waals surface area contributed by atoms with Gasteiger partial charge in [-0.3, -0.25) is 9.69 Å². The van der Waals surface area contributed by atoms with Gasteiger partial charge >= 0.3 is 0 Å². The summed E-state index contributed by atoms with van der Waals surface area (Å²) in [7, 11) is 0. The molecule has 1 aliphatic rings. The van der Waals surface area contributed by atoms with Crippen molar-refractivity contribution in [2.75, 3.05) is 26.2 Å². The van der Waals surface area contributed by atoms with Crippen molar-refractivity contribution in [3.63, 3.8) is 0 Å². The van der Waals surface area contributed by atoms with Gasteiger partial charge in [0.05, 0.1) is 18.3 Å². The lowest BCUT2D eigenvalue weighted by molar-refractivity contribution is 0.0849. The zero-order chi connectivity index (χ0) is 19.3. The largest absolute Gasteiger partial charge is 0.395 e. The quantitative estimate of drug-likeness (QED) is 0.692. The smallest absolute Gasteiger partial charge is 0.251 e. The van der Waals surface area contributed by atoms with Crippen molar-refractivity contribution in [3.05, 3.63) is 60.4 Å². The molecule has 3 heterocycles. The number of nitrogens with zero attached hydrogens (tertiary/aromatic N) is 3. The Kier molecular flexibility index (Phi) is 5.69. The number of benzene rings is 1. The topological polar surface area (TPSA) is 69.9 Å². The minimum atomic E-state index is -0.0658. The molecule has 0 spiro atoms. The summed E-state index contributed by atoms with van der Waals surface area (Å²) in [6, 6.07) is 13.8. The highest BCUT2D eigenvalue weighted by Crippen LogP contribution is 2.24. The summed E-state index contributed by atoms with van der Waals surface area (Å²) in [6.07, 6.45) is 7.14. The number of aliphatic hydroxyl groups excluding tert-OH is 1. The number of nitrogens with one attached hydrogen (secondary N) is 1. The molecule has 3 aromatic rings. The maximum Gasteiger partial charge on any atom is 0.251 e. The maximum absolute atomic E-state index is 12.5. The lowest BCUT2D eigenvalue weighted by atomic mass is 10.0. The molecule has 1 aromatic carbocycles. The Bertz CT molecular complexity index is 935. The lowest BCUT2D eigenvalue weighted by Gasteiger charge is -2.34. The number of carbonyl (C=O) groups excluding carboxylic acids is 1. The Hall–Kier alpha value is -2.70. The van der Waals surface area contributed by atoms with E-state index in [1.807, 2.05) is 59.4 Å². The number of amides is 1. The average Bonchev–Trinajstić information content (AvgIpc) is 3.18. The van der Waals surface area contributed by atoms with Crippen LogP contribution >= 0.6 is 0 Å². The van der Waals surface area contributed by atoms with Gasteiger partial charge in [-0.05, 0) is 49.2 Å². The number of hydrogen-bond acceptors (Lipinski definition) is 4. The van der Waals surface area contributed by atoms with E-state index in [9.17, 15) is 9.90 Å². The first kappa shape index (κ1) is 18.7. The molecular formula is C22H26N4O2. The van der Waals surface area contributed by atoms with Crippen LogP contribution in [0.25, 0.3) is 16.6 Å². The van der Waals surface area contributed by atoms with E-state index in [1.54, 1.807) is 0 Å². The fraction of sp³-hybridized carbons (Fsp3) is 0.364. The summed E-state index contributed by atoms with van der Waals surface area (Å²) in [6.45, 7) is 2.55. The molecule has 0 unspecified atom stereocenters. The summed E-state index contributed by atoms with van der Waals surface area (Å²) < 4.78 is 1.84. The molecule has 6 heteroatoms. The fourth-order valence-electron chi connectivity index (χ4n) is 3.93. The number of aliphatic hydroxyl groups is 1. The number of pyridine rings is 1. The second kappa shape index (κ2) is 8.54. The summed E-state index contributed by atoms with van der Waals surface area (Å²) in [5.74, 6) is -0.0658. The number of fused-ring (bicyclic) bond motifs is 1. The molecule has 1 amide bonds. The van der Waals surface area contributed by atoms with E-state index in [1.165, 1.54) is 6.42 Å². The summed E-state index contributed by atoms with van der Waals surface area (Å²) >= 11 is 0. The van der Waals surface area contributed by atoms with Gasteiger partial charge in [-0.1, -0.05) is 24.6 Å². The Morgan fingerprint density at radius 3 is 2.86 bits per heavy atom. The van der Waals surface area contributed by atoms with E-state index in [4.69, 9.17) is 0 Å². The second-order valence-corrected chi connectivity index (χ2v) is 7.29. The van der Waals surface area contributed by atoms with Crippen LogP contribution < -0.4 is 5.32 Å².